The number of rotatable bonds is 3. The molecule has 6 nitrogen and oxygen atoms in total. The summed E-state index contributed by atoms with van der Waals surface area (Å²) in [5.74, 6) is 0.212. The van der Waals surface area contributed by atoms with Crippen molar-refractivity contribution in [2.24, 2.45) is 5.92 Å². The molecule has 3 aromatic rings. The van der Waals surface area contributed by atoms with Gasteiger partial charge < -0.3 is 4.98 Å². The molecule has 3 rings (SSSR count). The average molecular weight is 302 g/mol. The maximum Gasteiger partial charge on any atom is 0.328 e. The van der Waals surface area contributed by atoms with Gasteiger partial charge in [-0.1, -0.05) is 19.9 Å². The Balaban J connectivity index is 2.26. The lowest BCUT2D eigenvalue weighted by Gasteiger charge is -2.07. The standard InChI is InChI=1S/C14H14N4O2S/c1-8(2)7-18-13(19)12-11(16-14(18)20)10(17-21-12)9-5-3-4-6-15-9/h3-6,8H,7H2,1-2H3,(H,16,20). The molecule has 3 aromatic heterocycles. The molecule has 0 unspecified atom stereocenters. The zero-order chi connectivity index (χ0) is 15.0. The molecule has 0 atom stereocenters. The van der Waals surface area contributed by atoms with Crippen molar-refractivity contribution in [3.8, 4) is 11.4 Å². The van der Waals surface area contributed by atoms with Crippen LogP contribution in [0, 0.1) is 5.92 Å². The van der Waals surface area contributed by atoms with E-state index in [1.165, 1.54) is 4.57 Å². The van der Waals surface area contributed by atoms with E-state index >= 15 is 0 Å². The van der Waals surface area contributed by atoms with Gasteiger partial charge in [0.2, 0.25) is 0 Å². The second kappa shape index (κ2) is 5.25. The fourth-order valence-electron chi connectivity index (χ4n) is 2.15. The largest absolute Gasteiger partial charge is 0.328 e. The van der Waals surface area contributed by atoms with Crippen molar-refractivity contribution in [1.29, 1.82) is 0 Å². The molecule has 0 amide bonds. The van der Waals surface area contributed by atoms with Crippen molar-refractivity contribution in [1.82, 2.24) is 18.9 Å². The van der Waals surface area contributed by atoms with Gasteiger partial charge in [0, 0.05) is 12.7 Å². The van der Waals surface area contributed by atoms with E-state index in [2.05, 4.69) is 14.3 Å². The van der Waals surface area contributed by atoms with Crippen molar-refractivity contribution in [2.75, 3.05) is 0 Å². The normalized spacial score (nSPS) is 11.4. The zero-order valence-corrected chi connectivity index (χ0v) is 12.5. The molecule has 0 saturated carbocycles. The van der Waals surface area contributed by atoms with Crippen molar-refractivity contribution >= 4 is 21.7 Å². The Hall–Kier alpha value is -2.28. The smallest absolute Gasteiger partial charge is 0.304 e. The van der Waals surface area contributed by atoms with E-state index in [1.54, 1.807) is 18.3 Å². The highest BCUT2D eigenvalue weighted by Crippen LogP contribution is 2.24. The molecular formula is C14H14N4O2S. The van der Waals surface area contributed by atoms with Crippen molar-refractivity contribution in [3.05, 3.63) is 45.2 Å². The van der Waals surface area contributed by atoms with Gasteiger partial charge in [0.1, 0.15) is 10.4 Å². The van der Waals surface area contributed by atoms with Gasteiger partial charge in [-0.3, -0.25) is 14.3 Å². The number of aromatic nitrogens is 4. The number of hydrogen-bond acceptors (Lipinski definition) is 5. The van der Waals surface area contributed by atoms with E-state index in [0.717, 1.165) is 11.5 Å². The van der Waals surface area contributed by atoms with Gasteiger partial charge in [-0.25, -0.2) is 4.79 Å². The summed E-state index contributed by atoms with van der Waals surface area (Å²) in [6.45, 7) is 4.31. The van der Waals surface area contributed by atoms with Gasteiger partial charge in [-0.05, 0) is 29.6 Å². The average Bonchev–Trinajstić information content (AvgIpc) is 2.88. The molecule has 0 spiro atoms. The van der Waals surface area contributed by atoms with Gasteiger partial charge in [0.25, 0.3) is 5.56 Å². The molecule has 7 heteroatoms. The quantitative estimate of drug-likeness (QED) is 0.801. The van der Waals surface area contributed by atoms with Crippen molar-refractivity contribution in [2.45, 2.75) is 20.4 Å². The molecule has 0 saturated heterocycles. The topological polar surface area (TPSA) is 80.6 Å². The number of hydrogen-bond donors (Lipinski definition) is 1. The molecule has 0 aliphatic rings. The SMILES string of the molecule is CC(C)Cn1c(=O)[nH]c2c(-c3ccccn3)nsc2c1=O. The van der Waals surface area contributed by atoms with Crippen LogP contribution in [-0.2, 0) is 6.54 Å². The maximum atomic E-state index is 12.4. The van der Waals surface area contributed by atoms with Crippen molar-refractivity contribution in [3.63, 3.8) is 0 Å². The third-order valence-electron chi connectivity index (χ3n) is 3.06. The van der Waals surface area contributed by atoms with E-state index < -0.39 is 5.69 Å². The Bertz CT molecular complexity index is 893. The predicted molar refractivity (Wildman–Crippen MR) is 82.6 cm³/mol. The molecule has 0 aliphatic heterocycles. The van der Waals surface area contributed by atoms with Crippen LogP contribution in [0.1, 0.15) is 13.8 Å². The summed E-state index contributed by atoms with van der Waals surface area (Å²) in [6.07, 6.45) is 1.65. The first-order valence-electron chi connectivity index (χ1n) is 6.62. The summed E-state index contributed by atoms with van der Waals surface area (Å²) < 4.78 is 5.97. The number of nitrogens with one attached hydrogen (secondary N) is 1. The third kappa shape index (κ3) is 2.40. The van der Waals surface area contributed by atoms with Gasteiger partial charge in [0.05, 0.1) is 11.2 Å². The first-order valence-corrected chi connectivity index (χ1v) is 7.39. The van der Waals surface area contributed by atoms with Crippen molar-refractivity contribution < 1.29 is 0 Å². The van der Waals surface area contributed by atoms with Crippen LogP contribution >= 0.6 is 11.5 Å². The summed E-state index contributed by atoms with van der Waals surface area (Å²) >= 11 is 1.09. The zero-order valence-electron chi connectivity index (χ0n) is 11.7. The molecule has 0 radical (unpaired) electrons. The Kier molecular flexibility index (Phi) is 3.42. The Morgan fingerprint density at radius 3 is 2.81 bits per heavy atom. The van der Waals surface area contributed by atoms with Crippen LogP contribution in [-0.4, -0.2) is 18.9 Å². The van der Waals surface area contributed by atoms with Crippen LogP contribution in [0.4, 0.5) is 0 Å². The van der Waals surface area contributed by atoms with Gasteiger partial charge in [-0.2, -0.15) is 4.37 Å². The van der Waals surface area contributed by atoms with Crippen LogP contribution in [0.5, 0.6) is 0 Å². The third-order valence-corrected chi connectivity index (χ3v) is 3.90. The Morgan fingerprint density at radius 2 is 2.14 bits per heavy atom. The number of H-pyrrole nitrogens is 1. The fourth-order valence-corrected chi connectivity index (χ4v) is 2.94. The number of pyridine rings is 1. The van der Waals surface area contributed by atoms with E-state index in [-0.39, 0.29) is 11.5 Å². The molecule has 0 fully saturated rings. The lowest BCUT2D eigenvalue weighted by atomic mass is 10.2. The van der Waals surface area contributed by atoms with Gasteiger partial charge in [-0.15, -0.1) is 0 Å². The number of fused-ring (bicyclic) bond motifs is 1. The molecule has 108 valence electrons. The van der Waals surface area contributed by atoms with Crippen LogP contribution in [0.25, 0.3) is 21.6 Å². The first-order chi connectivity index (χ1) is 10.1. The molecule has 0 aromatic carbocycles. The van der Waals surface area contributed by atoms with Gasteiger partial charge >= 0.3 is 5.69 Å². The molecule has 21 heavy (non-hydrogen) atoms. The lowest BCUT2D eigenvalue weighted by molar-refractivity contribution is 0.496. The Morgan fingerprint density at radius 1 is 1.33 bits per heavy atom. The van der Waals surface area contributed by atoms with Crippen LogP contribution in [0.2, 0.25) is 0 Å². The summed E-state index contributed by atoms with van der Waals surface area (Å²) in [6, 6.07) is 5.44. The van der Waals surface area contributed by atoms with E-state index in [4.69, 9.17) is 0 Å². The highest BCUT2D eigenvalue weighted by atomic mass is 32.1. The minimum atomic E-state index is -0.404. The van der Waals surface area contributed by atoms with Crippen LogP contribution in [0.15, 0.2) is 34.0 Å². The molecule has 3 heterocycles. The van der Waals surface area contributed by atoms with Crippen LogP contribution in [0.3, 0.4) is 0 Å². The van der Waals surface area contributed by atoms with E-state index in [1.807, 2.05) is 19.9 Å². The first kappa shape index (κ1) is 13.7. The molecule has 1 N–H and O–H groups in total. The maximum absolute atomic E-state index is 12.4. The summed E-state index contributed by atoms with van der Waals surface area (Å²) in [4.78, 5) is 31.5. The second-order valence-electron chi connectivity index (χ2n) is 5.19. The number of nitrogens with zero attached hydrogens (tertiary/aromatic N) is 3. The Labute approximate surface area is 124 Å². The molecule has 0 bridgehead atoms. The number of aromatic amines is 1. The molecular weight excluding hydrogens is 288 g/mol. The fraction of sp³-hybridized carbons (Fsp3) is 0.286. The van der Waals surface area contributed by atoms with E-state index in [0.29, 0.717) is 28.1 Å². The summed E-state index contributed by atoms with van der Waals surface area (Å²) in [7, 11) is 0. The minimum Gasteiger partial charge on any atom is -0.304 e. The lowest BCUT2D eigenvalue weighted by Crippen LogP contribution is -2.35. The highest BCUT2D eigenvalue weighted by Gasteiger charge is 2.16. The highest BCUT2D eigenvalue weighted by molar-refractivity contribution is 7.13. The minimum absolute atomic E-state index is 0.212. The summed E-state index contributed by atoms with van der Waals surface area (Å²) in [5, 5.41) is 0. The van der Waals surface area contributed by atoms with Crippen LogP contribution < -0.4 is 11.2 Å². The second-order valence-corrected chi connectivity index (χ2v) is 5.96. The van der Waals surface area contributed by atoms with Gasteiger partial charge in [0.15, 0.2) is 0 Å². The molecule has 0 aliphatic carbocycles. The predicted octanol–water partition coefficient (Wildman–Crippen LogP) is 1.86. The monoisotopic (exact) mass is 302 g/mol. The summed E-state index contributed by atoms with van der Waals surface area (Å²) in [5.41, 5.74) is 0.955. The van der Waals surface area contributed by atoms with E-state index in [9.17, 15) is 9.59 Å².